The lowest BCUT2D eigenvalue weighted by molar-refractivity contribution is -0.0566. The molecule has 6 heteroatoms. The first-order valence-electron chi connectivity index (χ1n) is 9.37. The first-order chi connectivity index (χ1) is 11.0. The molecular formula is C18H36IN3O2. The molecule has 0 bridgehead atoms. The zero-order chi connectivity index (χ0) is 16.7. The lowest BCUT2D eigenvalue weighted by Gasteiger charge is -2.33. The number of hydrogen-bond acceptors (Lipinski definition) is 3. The van der Waals surface area contributed by atoms with Gasteiger partial charge in [-0.3, -0.25) is 4.99 Å². The second kappa shape index (κ2) is 10.8. The fourth-order valence-corrected chi connectivity index (χ4v) is 3.58. The van der Waals surface area contributed by atoms with Crippen LogP contribution in [0.4, 0.5) is 0 Å². The SMILES string of the molecule is CCNC(=NCC1(O)CCOCC1)NC1CCC(C(C)C)CC1.I. The molecule has 1 saturated carbocycles. The first kappa shape index (κ1) is 22.0. The third kappa shape index (κ3) is 7.04. The number of hydrogen-bond donors (Lipinski definition) is 3. The average molecular weight is 453 g/mol. The summed E-state index contributed by atoms with van der Waals surface area (Å²) in [7, 11) is 0. The summed E-state index contributed by atoms with van der Waals surface area (Å²) in [6.07, 6.45) is 6.38. The predicted octanol–water partition coefficient (Wildman–Crippen LogP) is 2.92. The van der Waals surface area contributed by atoms with Crippen LogP contribution in [-0.2, 0) is 4.74 Å². The van der Waals surface area contributed by atoms with Crippen molar-refractivity contribution in [2.24, 2.45) is 16.8 Å². The summed E-state index contributed by atoms with van der Waals surface area (Å²) in [5.74, 6) is 2.51. The normalized spacial score (nSPS) is 27.5. The van der Waals surface area contributed by atoms with Crippen molar-refractivity contribution in [2.45, 2.75) is 70.9 Å². The largest absolute Gasteiger partial charge is 0.388 e. The van der Waals surface area contributed by atoms with Crippen molar-refractivity contribution in [3.05, 3.63) is 0 Å². The highest BCUT2D eigenvalue weighted by Gasteiger charge is 2.30. The molecule has 3 N–H and O–H groups in total. The van der Waals surface area contributed by atoms with Crippen molar-refractivity contribution in [3.8, 4) is 0 Å². The van der Waals surface area contributed by atoms with Crippen LogP contribution in [0.25, 0.3) is 0 Å². The molecule has 0 atom stereocenters. The zero-order valence-corrected chi connectivity index (χ0v) is 17.8. The van der Waals surface area contributed by atoms with Gasteiger partial charge in [0.05, 0.1) is 12.1 Å². The molecule has 1 saturated heterocycles. The van der Waals surface area contributed by atoms with E-state index in [1.165, 1.54) is 25.7 Å². The summed E-state index contributed by atoms with van der Waals surface area (Å²) in [6, 6.07) is 0.507. The van der Waals surface area contributed by atoms with Gasteiger partial charge in [0.2, 0.25) is 0 Å². The third-order valence-electron chi connectivity index (χ3n) is 5.35. The van der Waals surface area contributed by atoms with Crippen LogP contribution in [0.2, 0.25) is 0 Å². The molecule has 0 spiro atoms. The molecule has 1 heterocycles. The number of aliphatic hydroxyl groups is 1. The highest BCUT2D eigenvalue weighted by Crippen LogP contribution is 2.29. The van der Waals surface area contributed by atoms with Gasteiger partial charge in [-0.2, -0.15) is 0 Å². The van der Waals surface area contributed by atoms with E-state index in [1.54, 1.807) is 0 Å². The lowest BCUT2D eigenvalue weighted by Crippen LogP contribution is -2.46. The monoisotopic (exact) mass is 453 g/mol. The van der Waals surface area contributed by atoms with Gasteiger partial charge in [0.15, 0.2) is 5.96 Å². The molecule has 142 valence electrons. The Kier molecular flexibility index (Phi) is 9.89. The number of ether oxygens (including phenoxy) is 1. The number of nitrogens with one attached hydrogen (secondary N) is 2. The topological polar surface area (TPSA) is 65.9 Å². The number of halogens is 1. The molecular weight excluding hydrogens is 417 g/mol. The van der Waals surface area contributed by atoms with E-state index in [2.05, 4.69) is 36.4 Å². The lowest BCUT2D eigenvalue weighted by atomic mass is 9.80. The number of nitrogens with zero attached hydrogens (tertiary/aromatic N) is 1. The van der Waals surface area contributed by atoms with E-state index in [-0.39, 0.29) is 24.0 Å². The summed E-state index contributed by atoms with van der Waals surface area (Å²) in [4.78, 5) is 4.65. The van der Waals surface area contributed by atoms with Gasteiger partial charge in [-0.25, -0.2) is 0 Å². The Morgan fingerprint density at radius 1 is 1.21 bits per heavy atom. The van der Waals surface area contributed by atoms with E-state index in [4.69, 9.17) is 4.74 Å². The van der Waals surface area contributed by atoms with Gasteiger partial charge in [-0.05, 0) is 44.4 Å². The van der Waals surface area contributed by atoms with Crippen molar-refractivity contribution < 1.29 is 9.84 Å². The summed E-state index contributed by atoms with van der Waals surface area (Å²) < 4.78 is 5.33. The molecule has 2 fully saturated rings. The predicted molar refractivity (Wildman–Crippen MR) is 110 cm³/mol. The Balaban J connectivity index is 0.00000288. The standard InChI is InChI=1S/C18H35N3O2.HI/c1-4-19-17(20-13-18(22)9-11-23-12-10-18)21-16-7-5-15(6-8-16)14(2)3;/h14-16,22H,4-13H2,1-3H3,(H2,19,20,21);1H. The zero-order valence-electron chi connectivity index (χ0n) is 15.5. The number of rotatable bonds is 5. The molecule has 0 radical (unpaired) electrons. The maximum absolute atomic E-state index is 10.5. The van der Waals surface area contributed by atoms with Crippen LogP contribution in [0.3, 0.4) is 0 Å². The molecule has 0 aromatic heterocycles. The second-order valence-electron chi connectivity index (χ2n) is 7.53. The molecule has 5 nitrogen and oxygen atoms in total. The molecule has 2 aliphatic rings. The Hall–Kier alpha value is -0.0800. The van der Waals surface area contributed by atoms with Crippen LogP contribution in [0.1, 0.15) is 59.3 Å². The van der Waals surface area contributed by atoms with Crippen LogP contribution in [0, 0.1) is 11.8 Å². The molecule has 1 aliphatic carbocycles. The quantitative estimate of drug-likeness (QED) is 0.340. The molecule has 24 heavy (non-hydrogen) atoms. The summed E-state index contributed by atoms with van der Waals surface area (Å²) in [6.45, 7) is 9.30. The van der Waals surface area contributed by atoms with E-state index < -0.39 is 5.60 Å². The molecule has 0 aromatic rings. The van der Waals surface area contributed by atoms with Crippen molar-refractivity contribution in [2.75, 3.05) is 26.3 Å². The van der Waals surface area contributed by atoms with Gasteiger partial charge in [0.1, 0.15) is 0 Å². The molecule has 0 aromatic carbocycles. The highest BCUT2D eigenvalue weighted by molar-refractivity contribution is 14.0. The van der Waals surface area contributed by atoms with E-state index in [0.29, 0.717) is 38.6 Å². The smallest absolute Gasteiger partial charge is 0.191 e. The van der Waals surface area contributed by atoms with Gasteiger partial charge in [-0.1, -0.05) is 13.8 Å². The van der Waals surface area contributed by atoms with Crippen LogP contribution in [0.5, 0.6) is 0 Å². The fraction of sp³-hybridized carbons (Fsp3) is 0.944. The first-order valence-corrected chi connectivity index (χ1v) is 9.37. The Morgan fingerprint density at radius 2 is 1.83 bits per heavy atom. The molecule has 0 unspecified atom stereocenters. The minimum atomic E-state index is -0.699. The Morgan fingerprint density at radius 3 is 2.38 bits per heavy atom. The fourth-order valence-electron chi connectivity index (χ4n) is 3.58. The van der Waals surface area contributed by atoms with E-state index in [9.17, 15) is 5.11 Å². The van der Waals surface area contributed by atoms with Gasteiger partial charge >= 0.3 is 0 Å². The minimum absolute atomic E-state index is 0. The highest BCUT2D eigenvalue weighted by atomic mass is 127. The number of aliphatic imine (C=N–C) groups is 1. The molecule has 2 rings (SSSR count). The van der Waals surface area contributed by atoms with Crippen molar-refractivity contribution in [1.29, 1.82) is 0 Å². The third-order valence-corrected chi connectivity index (χ3v) is 5.35. The maximum Gasteiger partial charge on any atom is 0.191 e. The van der Waals surface area contributed by atoms with E-state index >= 15 is 0 Å². The molecule has 0 amide bonds. The van der Waals surface area contributed by atoms with Crippen molar-refractivity contribution in [3.63, 3.8) is 0 Å². The van der Waals surface area contributed by atoms with E-state index in [0.717, 1.165) is 24.3 Å². The summed E-state index contributed by atoms with van der Waals surface area (Å²) in [5, 5.41) is 17.4. The summed E-state index contributed by atoms with van der Waals surface area (Å²) in [5.41, 5.74) is -0.699. The van der Waals surface area contributed by atoms with Gasteiger partial charge in [0.25, 0.3) is 0 Å². The minimum Gasteiger partial charge on any atom is -0.388 e. The van der Waals surface area contributed by atoms with E-state index in [1.807, 2.05) is 0 Å². The second-order valence-corrected chi connectivity index (χ2v) is 7.53. The van der Waals surface area contributed by atoms with Gasteiger partial charge in [0, 0.05) is 38.6 Å². The van der Waals surface area contributed by atoms with Gasteiger partial charge < -0.3 is 20.5 Å². The summed E-state index contributed by atoms with van der Waals surface area (Å²) >= 11 is 0. The van der Waals surface area contributed by atoms with Crippen LogP contribution in [0.15, 0.2) is 4.99 Å². The maximum atomic E-state index is 10.5. The van der Waals surface area contributed by atoms with Crippen LogP contribution < -0.4 is 10.6 Å². The van der Waals surface area contributed by atoms with Crippen LogP contribution >= 0.6 is 24.0 Å². The Labute approximate surface area is 164 Å². The van der Waals surface area contributed by atoms with Gasteiger partial charge in [-0.15, -0.1) is 24.0 Å². The number of guanidine groups is 1. The average Bonchev–Trinajstić information content (AvgIpc) is 2.54. The van der Waals surface area contributed by atoms with Crippen molar-refractivity contribution >= 4 is 29.9 Å². The Bertz CT molecular complexity index is 376. The van der Waals surface area contributed by atoms with Crippen LogP contribution in [-0.4, -0.2) is 49.0 Å². The molecule has 1 aliphatic heterocycles. The van der Waals surface area contributed by atoms with Crippen molar-refractivity contribution in [1.82, 2.24) is 10.6 Å².